The van der Waals surface area contributed by atoms with Crippen LogP contribution in [0.2, 0.25) is 0 Å². The molecule has 5 N–H and O–H groups in total. The number of nitrogens with zero attached hydrogens (tertiary/aromatic N) is 1. The van der Waals surface area contributed by atoms with Crippen molar-refractivity contribution in [1.82, 2.24) is 20.9 Å². The van der Waals surface area contributed by atoms with Gasteiger partial charge in [-0.3, -0.25) is 19.2 Å². The van der Waals surface area contributed by atoms with Gasteiger partial charge >= 0.3 is 11.9 Å². The first-order valence-electron chi connectivity index (χ1n) is 13.1. The molecule has 3 atom stereocenters. The zero-order valence-electron chi connectivity index (χ0n) is 24.7. The summed E-state index contributed by atoms with van der Waals surface area (Å²) in [6.45, 7) is 10.9. The zero-order valence-corrected chi connectivity index (χ0v) is 24.7. The molecule has 11 heteroatoms. The Morgan fingerprint density at radius 1 is 0.950 bits per heavy atom. The average Bonchev–Trinajstić information content (AvgIpc) is 2.87. The highest BCUT2D eigenvalue weighted by molar-refractivity contribution is 5.95. The van der Waals surface area contributed by atoms with Gasteiger partial charge in [0.05, 0.1) is 6.04 Å². The van der Waals surface area contributed by atoms with Crippen molar-refractivity contribution in [1.29, 1.82) is 0 Å². The number of carboxylic acids is 2. The molecule has 0 bridgehead atoms. The van der Waals surface area contributed by atoms with Crippen LogP contribution < -0.4 is 16.0 Å². The fraction of sp³-hybridized carbons (Fsp3) is 0.552. The Morgan fingerprint density at radius 2 is 1.52 bits per heavy atom. The summed E-state index contributed by atoms with van der Waals surface area (Å²) in [5.74, 6) is -3.88. The van der Waals surface area contributed by atoms with Crippen LogP contribution in [0.15, 0.2) is 42.0 Å². The maximum Gasteiger partial charge on any atom is 0.326 e. The van der Waals surface area contributed by atoms with Crippen LogP contribution in [0.4, 0.5) is 0 Å². The van der Waals surface area contributed by atoms with Gasteiger partial charge in [0.2, 0.25) is 17.7 Å². The first kappa shape index (κ1) is 34.3. The minimum atomic E-state index is -1.35. The Labute approximate surface area is 236 Å². The van der Waals surface area contributed by atoms with Crippen LogP contribution in [0.1, 0.15) is 59.9 Å². The van der Waals surface area contributed by atoms with Crippen LogP contribution in [0.5, 0.6) is 0 Å². The number of benzene rings is 1. The predicted molar refractivity (Wildman–Crippen MR) is 152 cm³/mol. The molecule has 0 aliphatic carbocycles. The second-order valence-electron chi connectivity index (χ2n) is 11.5. The monoisotopic (exact) mass is 560 g/mol. The number of nitrogens with one attached hydrogen (secondary N) is 3. The number of hydrogen-bond donors (Lipinski definition) is 5. The van der Waals surface area contributed by atoms with Crippen molar-refractivity contribution < 1.29 is 34.2 Å². The topological polar surface area (TPSA) is 165 Å². The summed E-state index contributed by atoms with van der Waals surface area (Å²) < 4.78 is 0. The third-order valence-corrected chi connectivity index (χ3v) is 6.85. The van der Waals surface area contributed by atoms with E-state index in [0.717, 1.165) is 5.56 Å². The molecule has 0 heterocycles. The molecule has 1 rings (SSSR count). The second-order valence-corrected chi connectivity index (χ2v) is 11.5. The van der Waals surface area contributed by atoms with Crippen LogP contribution in [-0.4, -0.2) is 83.5 Å². The van der Waals surface area contributed by atoms with Crippen molar-refractivity contribution in [3.05, 3.63) is 47.5 Å². The minimum absolute atomic E-state index is 0.0262. The summed E-state index contributed by atoms with van der Waals surface area (Å²) in [4.78, 5) is 63.0. The van der Waals surface area contributed by atoms with Crippen molar-refractivity contribution >= 4 is 29.7 Å². The normalized spacial score (nSPS) is 14.4. The lowest BCUT2D eigenvalue weighted by Gasteiger charge is -2.38. The highest BCUT2D eigenvalue weighted by Crippen LogP contribution is 2.28. The van der Waals surface area contributed by atoms with Gasteiger partial charge in [0.15, 0.2) is 0 Å². The number of rotatable bonds is 14. The van der Waals surface area contributed by atoms with Gasteiger partial charge in [-0.15, -0.1) is 0 Å². The van der Waals surface area contributed by atoms with Gasteiger partial charge in [-0.25, -0.2) is 4.79 Å². The summed E-state index contributed by atoms with van der Waals surface area (Å²) in [6.07, 6.45) is 0.803. The Kier molecular flexibility index (Phi) is 12.5. The first-order valence-corrected chi connectivity index (χ1v) is 13.1. The zero-order chi connectivity index (χ0) is 30.8. The number of carboxylic acid groups (broad SMARTS) is 2. The summed E-state index contributed by atoms with van der Waals surface area (Å²) in [5, 5.41) is 26.4. The van der Waals surface area contributed by atoms with Crippen molar-refractivity contribution in [2.45, 2.75) is 77.9 Å². The molecule has 0 radical (unpaired) electrons. The molecule has 11 nitrogen and oxygen atoms in total. The van der Waals surface area contributed by atoms with E-state index in [-0.39, 0.29) is 30.4 Å². The van der Waals surface area contributed by atoms with E-state index < -0.39 is 53.2 Å². The highest BCUT2D eigenvalue weighted by atomic mass is 16.4. The molecule has 1 aromatic rings. The van der Waals surface area contributed by atoms with E-state index in [1.54, 1.807) is 14.1 Å². The maximum absolute atomic E-state index is 13.5. The Balaban J connectivity index is 3.01. The molecule has 0 aliphatic rings. The lowest BCUT2D eigenvalue weighted by Crippen LogP contribution is -2.60. The van der Waals surface area contributed by atoms with Gasteiger partial charge in [-0.2, -0.15) is 0 Å². The van der Waals surface area contributed by atoms with Crippen molar-refractivity contribution in [3.8, 4) is 0 Å². The van der Waals surface area contributed by atoms with Crippen LogP contribution >= 0.6 is 0 Å². The second kappa shape index (κ2) is 14.6. The lowest BCUT2D eigenvalue weighted by molar-refractivity contribution is -0.142. The average molecular weight is 561 g/mol. The molecule has 0 spiro atoms. The summed E-state index contributed by atoms with van der Waals surface area (Å²) in [5.41, 5.74) is -0.0848. The third kappa shape index (κ3) is 9.78. The molecular formula is C29H44N4O7. The van der Waals surface area contributed by atoms with Gasteiger partial charge in [0.1, 0.15) is 12.1 Å². The van der Waals surface area contributed by atoms with Gasteiger partial charge < -0.3 is 31.1 Å². The minimum Gasteiger partial charge on any atom is -0.481 e. The van der Waals surface area contributed by atoms with Gasteiger partial charge in [0, 0.05) is 31.0 Å². The van der Waals surface area contributed by atoms with E-state index in [9.17, 15) is 29.1 Å². The molecular weight excluding hydrogens is 516 g/mol. The predicted octanol–water partition coefficient (Wildman–Crippen LogP) is 1.92. The quantitative estimate of drug-likeness (QED) is 0.215. The first-order chi connectivity index (χ1) is 18.4. The SMILES string of the molecule is CN[C@H](C(=O)NC(C(=O)N(C)C/C=C(\C)C(=O)N[C@H](CCC(=O)O)C(=O)O)C(C)(C)C)C(C)(C)c1ccccc1. The smallest absolute Gasteiger partial charge is 0.326 e. The highest BCUT2D eigenvalue weighted by Gasteiger charge is 2.40. The Morgan fingerprint density at radius 3 is 2.00 bits per heavy atom. The lowest BCUT2D eigenvalue weighted by atomic mass is 9.76. The van der Waals surface area contributed by atoms with Crippen LogP contribution in [0.25, 0.3) is 0 Å². The molecule has 222 valence electrons. The van der Waals surface area contributed by atoms with Gasteiger partial charge in [0.25, 0.3) is 0 Å². The van der Waals surface area contributed by atoms with Crippen molar-refractivity contribution in [3.63, 3.8) is 0 Å². The number of hydrogen-bond acceptors (Lipinski definition) is 6. The van der Waals surface area contributed by atoms with Gasteiger partial charge in [-0.1, -0.05) is 71.0 Å². The van der Waals surface area contributed by atoms with Crippen molar-refractivity contribution in [2.24, 2.45) is 5.41 Å². The third-order valence-electron chi connectivity index (χ3n) is 6.85. The van der Waals surface area contributed by atoms with E-state index in [1.165, 1.54) is 17.9 Å². The Bertz CT molecular complexity index is 1090. The molecule has 0 saturated heterocycles. The summed E-state index contributed by atoms with van der Waals surface area (Å²) in [7, 11) is 3.25. The molecule has 0 aromatic heterocycles. The Hall–Kier alpha value is -3.73. The van der Waals surface area contributed by atoms with Crippen LogP contribution in [0.3, 0.4) is 0 Å². The van der Waals surface area contributed by atoms with E-state index in [1.807, 2.05) is 65.0 Å². The number of aliphatic carboxylic acids is 2. The molecule has 3 amide bonds. The largest absolute Gasteiger partial charge is 0.481 e. The van der Waals surface area contributed by atoms with E-state index >= 15 is 0 Å². The number of likely N-dealkylation sites (N-methyl/N-ethyl adjacent to an activating group) is 2. The van der Waals surface area contributed by atoms with E-state index in [4.69, 9.17) is 5.11 Å². The molecule has 0 saturated carbocycles. The fourth-order valence-corrected chi connectivity index (χ4v) is 4.20. The van der Waals surface area contributed by atoms with E-state index in [0.29, 0.717) is 0 Å². The van der Waals surface area contributed by atoms with Gasteiger partial charge in [-0.05, 0) is 31.4 Å². The summed E-state index contributed by atoms with van der Waals surface area (Å²) in [6, 6.07) is 6.77. The maximum atomic E-state index is 13.5. The summed E-state index contributed by atoms with van der Waals surface area (Å²) >= 11 is 0. The number of carbonyl (C=O) groups excluding carboxylic acids is 3. The van der Waals surface area contributed by atoms with Crippen LogP contribution in [-0.2, 0) is 29.4 Å². The van der Waals surface area contributed by atoms with Crippen LogP contribution in [0, 0.1) is 5.41 Å². The number of carbonyl (C=O) groups is 5. The molecule has 0 fully saturated rings. The fourth-order valence-electron chi connectivity index (χ4n) is 4.20. The number of amides is 3. The molecule has 1 unspecified atom stereocenters. The van der Waals surface area contributed by atoms with E-state index in [2.05, 4.69) is 16.0 Å². The standard InChI is InChI=1S/C29H44N4O7/c1-18(24(36)31-20(27(39)40)14-15-21(34)35)16-17-33(8)26(38)23(28(2,3)4)32-25(37)22(30-7)29(5,6)19-12-10-9-11-13-19/h9-13,16,20,22-23,30H,14-15,17H2,1-8H3,(H,31,36)(H,32,37)(H,34,35)(H,39,40)/b18-16+/t20-,22-,23?/m1/s1. The molecule has 1 aromatic carbocycles. The molecule has 0 aliphatic heterocycles. The van der Waals surface area contributed by atoms with Crippen molar-refractivity contribution in [2.75, 3.05) is 20.6 Å². The molecule has 40 heavy (non-hydrogen) atoms.